The van der Waals surface area contributed by atoms with Gasteiger partial charge in [0.2, 0.25) is 0 Å². The van der Waals surface area contributed by atoms with Crippen LogP contribution in [0.4, 0.5) is 32.2 Å². The Balaban J connectivity index is 1.98. The highest BCUT2D eigenvalue weighted by Crippen LogP contribution is 2.37. The van der Waals surface area contributed by atoms with Crippen molar-refractivity contribution in [3.05, 3.63) is 23.2 Å². The maximum Gasteiger partial charge on any atom is 0.471 e. The summed E-state index contributed by atoms with van der Waals surface area (Å²) in [7, 11) is 0. The number of amides is 1. The number of hydrogen-bond donors (Lipinski definition) is 1. The second-order valence-corrected chi connectivity index (χ2v) is 6.12. The smallest absolute Gasteiger partial charge is 0.339 e. The molecule has 142 valence electrons. The van der Waals surface area contributed by atoms with Crippen LogP contribution in [0.1, 0.15) is 0 Å². The van der Waals surface area contributed by atoms with E-state index < -0.39 is 43.9 Å². The molecule has 1 aliphatic rings. The van der Waals surface area contributed by atoms with Gasteiger partial charge in [-0.2, -0.15) is 31.4 Å². The zero-order valence-corrected chi connectivity index (χ0v) is 13.6. The first kappa shape index (κ1) is 18.6. The van der Waals surface area contributed by atoms with Gasteiger partial charge >= 0.3 is 18.3 Å². The number of nitrogens with one attached hydrogen (secondary N) is 1. The van der Waals surface area contributed by atoms with Crippen molar-refractivity contribution in [3.8, 4) is 0 Å². The van der Waals surface area contributed by atoms with E-state index in [1.165, 1.54) is 6.07 Å². The molecule has 1 aromatic carbocycles. The summed E-state index contributed by atoms with van der Waals surface area (Å²) in [6, 6.07) is 2.26. The van der Waals surface area contributed by atoms with Gasteiger partial charge in [-0.3, -0.25) is 9.89 Å². The lowest BCUT2D eigenvalue weighted by atomic mass is 10.1. The van der Waals surface area contributed by atoms with Crippen LogP contribution < -0.4 is 4.90 Å². The molecule has 2 heterocycles. The van der Waals surface area contributed by atoms with Crippen molar-refractivity contribution in [1.82, 2.24) is 15.1 Å². The average Bonchev–Trinajstić information content (AvgIpc) is 2.97. The van der Waals surface area contributed by atoms with Crippen LogP contribution in [0.3, 0.4) is 0 Å². The molecule has 1 N–H and O–H groups in total. The third-order valence-electron chi connectivity index (χ3n) is 4.08. The molecule has 2 aromatic rings. The highest BCUT2D eigenvalue weighted by Gasteiger charge is 2.51. The molecule has 12 heteroatoms. The molecule has 0 spiro atoms. The zero-order chi connectivity index (χ0) is 19.3. The van der Waals surface area contributed by atoms with Gasteiger partial charge in [-0.25, -0.2) is 0 Å². The molecule has 5 nitrogen and oxygen atoms in total. The predicted molar refractivity (Wildman–Crippen MR) is 80.9 cm³/mol. The SMILES string of the molecule is O=C(N1CCN(c2n[nH]c3cccc(Cl)c23)C(C(F)(F)F)C1)C(F)(F)F. The Kier molecular flexibility index (Phi) is 4.45. The van der Waals surface area contributed by atoms with E-state index in [9.17, 15) is 31.1 Å². The zero-order valence-electron chi connectivity index (χ0n) is 12.8. The Bertz CT molecular complexity index is 833. The van der Waals surface area contributed by atoms with Crippen molar-refractivity contribution in [2.75, 3.05) is 24.5 Å². The van der Waals surface area contributed by atoms with Crippen molar-refractivity contribution < 1.29 is 31.1 Å². The number of hydrogen-bond acceptors (Lipinski definition) is 3. The van der Waals surface area contributed by atoms with Crippen LogP contribution in [-0.2, 0) is 4.79 Å². The van der Waals surface area contributed by atoms with E-state index in [2.05, 4.69) is 10.2 Å². The monoisotopic (exact) mass is 400 g/mol. The van der Waals surface area contributed by atoms with Gasteiger partial charge in [-0.05, 0) is 12.1 Å². The van der Waals surface area contributed by atoms with Gasteiger partial charge in [-0.1, -0.05) is 17.7 Å². The Labute approximate surface area is 147 Å². The van der Waals surface area contributed by atoms with E-state index in [0.717, 1.165) is 4.90 Å². The largest absolute Gasteiger partial charge is 0.471 e. The normalized spacial score (nSPS) is 19.3. The summed E-state index contributed by atoms with van der Waals surface area (Å²) in [4.78, 5) is 12.3. The topological polar surface area (TPSA) is 52.2 Å². The lowest BCUT2D eigenvalue weighted by Gasteiger charge is -2.42. The van der Waals surface area contributed by atoms with Gasteiger partial charge in [-0.15, -0.1) is 0 Å². The number of rotatable bonds is 1. The van der Waals surface area contributed by atoms with Crippen molar-refractivity contribution >= 4 is 34.2 Å². The minimum absolute atomic E-state index is 0.118. The third-order valence-corrected chi connectivity index (χ3v) is 4.39. The Hall–Kier alpha value is -2.17. The molecule has 0 bridgehead atoms. The third kappa shape index (κ3) is 3.27. The minimum atomic E-state index is -5.24. The molecular weight excluding hydrogens is 390 g/mol. The Morgan fingerprint density at radius 2 is 1.88 bits per heavy atom. The predicted octanol–water partition coefficient (Wildman–Crippen LogP) is 3.36. The summed E-state index contributed by atoms with van der Waals surface area (Å²) in [5.74, 6) is -2.41. The maximum atomic E-state index is 13.5. The second-order valence-electron chi connectivity index (χ2n) is 5.71. The van der Waals surface area contributed by atoms with Crippen LogP contribution in [0.25, 0.3) is 10.9 Å². The fourth-order valence-corrected chi connectivity index (χ4v) is 3.16. The number of nitrogens with zero attached hydrogens (tertiary/aromatic N) is 3. The highest BCUT2D eigenvalue weighted by atomic mass is 35.5. The quantitative estimate of drug-likeness (QED) is 0.747. The van der Waals surface area contributed by atoms with Crippen molar-refractivity contribution in [2.24, 2.45) is 0 Å². The summed E-state index contributed by atoms with van der Waals surface area (Å²) in [5, 5.41) is 6.79. The van der Waals surface area contributed by atoms with E-state index in [-0.39, 0.29) is 21.1 Å². The minimum Gasteiger partial charge on any atom is -0.339 e. The lowest BCUT2D eigenvalue weighted by Crippen LogP contribution is -2.62. The van der Waals surface area contributed by atoms with Crippen LogP contribution in [0.5, 0.6) is 0 Å². The molecule has 0 radical (unpaired) electrons. The Morgan fingerprint density at radius 3 is 2.50 bits per heavy atom. The number of halogens is 7. The molecule has 0 aliphatic carbocycles. The number of H-pyrrole nitrogens is 1. The van der Waals surface area contributed by atoms with Gasteiger partial charge in [0.25, 0.3) is 0 Å². The van der Waals surface area contributed by atoms with Crippen molar-refractivity contribution in [2.45, 2.75) is 18.4 Å². The van der Waals surface area contributed by atoms with Crippen LogP contribution in [0.2, 0.25) is 5.02 Å². The van der Waals surface area contributed by atoms with E-state index >= 15 is 0 Å². The molecule has 1 saturated heterocycles. The summed E-state index contributed by atoms with van der Waals surface area (Å²) in [6.45, 7) is -2.15. The average molecular weight is 401 g/mol. The second kappa shape index (κ2) is 6.22. The molecular formula is C14H11ClF6N4O. The number of carbonyl (C=O) groups excluding carboxylic acids is 1. The molecule has 1 aromatic heterocycles. The number of carbonyl (C=O) groups is 1. The standard InChI is InChI=1S/C14H11ClF6N4O/c15-7-2-1-3-8-10(7)11(23-22-8)25-5-4-24(12(26)14(19,20)21)6-9(25)13(16,17)18/h1-3,9H,4-6H2,(H,22,23). The van der Waals surface area contributed by atoms with Gasteiger partial charge in [0.05, 0.1) is 22.5 Å². The van der Waals surface area contributed by atoms with Crippen LogP contribution in [0, 0.1) is 0 Å². The van der Waals surface area contributed by atoms with E-state index in [4.69, 9.17) is 11.6 Å². The summed E-state index contributed by atoms with van der Waals surface area (Å²) in [6.07, 6.45) is -10.1. The summed E-state index contributed by atoms with van der Waals surface area (Å²) in [5.41, 5.74) is 0.391. The first-order chi connectivity index (χ1) is 12.0. The molecule has 0 saturated carbocycles. The highest BCUT2D eigenvalue weighted by molar-refractivity contribution is 6.36. The van der Waals surface area contributed by atoms with E-state index in [1.54, 1.807) is 12.1 Å². The Morgan fingerprint density at radius 1 is 1.19 bits per heavy atom. The van der Waals surface area contributed by atoms with Gasteiger partial charge in [0.15, 0.2) is 5.82 Å². The molecule has 1 unspecified atom stereocenters. The van der Waals surface area contributed by atoms with Crippen LogP contribution >= 0.6 is 11.6 Å². The number of aromatic nitrogens is 2. The molecule has 1 aliphatic heterocycles. The van der Waals surface area contributed by atoms with Crippen molar-refractivity contribution in [3.63, 3.8) is 0 Å². The van der Waals surface area contributed by atoms with Crippen LogP contribution in [-0.4, -0.2) is 59.0 Å². The number of anilines is 1. The first-order valence-corrected chi connectivity index (χ1v) is 7.70. The first-order valence-electron chi connectivity index (χ1n) is 7.32. The van der Waals surface area contributed by atoms with Gasteiger partial charge in [0.1, 0.15) is 6.04 Å². The van der Waals surface area contributed by atoms with E-state index in [0.29, 0.717) is 5.52 Å². The fourth-order valence-electron chi connectivity index (χ4n) is 2.90. The lowest BCUT2D eigenvalue weighted by molar-refractivity contribution is -0.192. The summed E-state index contributed by atoms with van der Waals surface area (Å²) >= 11 is 6.04. The number of piperazine rings is 1. The van der Waals surface area contributed by atoms with Crippen LogP contribution in [0.15, 0.2) is 18.2 Å². The number of fused-ring (bicyclic) bond motifs is 1. The summed E-state index contributed by atoms with van der Waals surface area (Å²) < 4.78 is 78.2. The number of benzene rings is 1. The van der Waals surface area contributed by atoms with Crippen molar-refractivity contribution in [1.29, 1.82) is 0 Å². The van der Waals surface area contributed by atoms with Gasteiger partial charge < -0.3 is 9.80 Å². The molecule has 1 atom stereocenters. The molecule has 1 amide bonds. The fraction of sp³-hybridized carbons (Fsp3) is 0.429. The molecule has 3 rings (SSSR count). The molecule has 1 fully saturated rings. The number of alkyl halides is 6. The molecule has 26 heavy (non-hydrogen) atoms. The van der Waals surface area contributed by atoms with E-state index in [1.807, 2.05) is 0 Å². The number of aromatic amines is 1. The maximum absolute atomic E-state index is 13.5. The van der Waals surface area contributed by atoms with Gasteiger partial charge in [0, 0.05) is 13.1 Å².